The smallest absolute Gasteiger partial charge is 0.152 e. The molecule has 0 atom stereocenters. The number of anilines is 2. The molecule has 0 bridgehead atoms. The van der Waals surface area contributed by atoms with Crippen molar-refractivity contribution in [1.29, 1.82) is 0 Å². The van der Waals surface area contributed by atoms with Crippen molar-refractivity contribution in [3.63, 3.8) is 0 Å². The van der Waals surface area contributed by atoms with E-state index in [1.165, 1.54) is 6.07 Å². The number of hydrogen-bond acceptors (Lipinski definition) is 2. The van der Waals surface area contributed by atoms with Crippen molar-refractivity contribution in [3.05, 3.63) is 58.3 Å². The molecule has 4 heteroatoms. The van der Waals surface area contributed by atoms with Crippen molar-refractivity contribution in [1.82, 2.24) is 0 Å². The van der Waals surface area contributed by atoms with Crippen LogP contribution in [0.3, 0.4) is 0 Å². The number of benzene rings is 2. The topological polar surface area (TPSA) is 20.3 Å². The summed E-state index contributed by atoms with van der Waals surface area (Å²) in [5.74, 6) is -0.302. The molecular weight excluding hydrogens is 309 g/mol. The largest absolute Gasteiger partial charge is 0.339 e. The Morgan fingerprint density at radius 1 is 1.21 bits per heavy atom. The highest BCUT2D eigenvalue weighted by atomic mass is 79.9. The average Bonchev–Trinajstić information content (AvgIpc) is 2.43. The number of aldehydes is 1. The number of para-hydroxylation sites is 1. The molecular formula is C15H13BrFNO. The van der Waals surface area contributed by atoms with Crippen LogP contribution in [-0.4, -0.2) is 12.8 Å². The fourth-order valence-corrected chi connectivity index (χ4v) is 2.39. The first-order valence-electron chi connectivity index (χ1n) is 5.94. The molecule has 0 saturated carbocycles. The van der Waals surface area contributed by atoms with E-state index in [0.717, 1.165) is 10.8 Å². The summed E-state index contributed by atoms with van der Waals surface area (Å²) in [5.41, 5.74) is 1.70. The maximum absolute atomic E-state index is 13.9. The van der Waals surface area contributed by atoms with Crippen LogP contribution in [0.2, 0.25) is 0 Å². The minimum absolute atomic E-state index is 0.302. The SMILES string of the molecule is CCN(c1ccccc1F)c1ccc(Br)cc1C=O. The van der Waals surface area contributed by atoms with Gasteiger partial charge in [0.05, 0.1) is 11.4 Å². The van der Waals surface area contributed by atoms with E-state index in [4.69, 9.17) is 0 Å². The summed E-state index contributed by atoms with van der Waals surface area (Å²) in [4.78, 5) is 13.0. The zero-order chi connectivity index (χ0) is 13.8. The molecule has 0 aliphatic rings. The van der Waals surface area contributed by atoms with Gasteiger partial charge in [-0.25, -0.2) is 4.39 Å². The van der Waals surface area contributed by atoms with Crippen molar-refractivity contribution < 1.29 is 9.18 Å². The maximum Gasteiger partial charge on any atom is 0.152 e. The number of rotatable bonds is 4. The van der Waals surface area contributed by atoms with E-state index in [2.05, 4.69) is 15.9 Å². The molecule has 0 heterocycles. The highest BCUT2D eigenvalue weighted by Gasteiger charge is 2.14. The van der Waals surface area contributed by atoms with Crippen LogP contribution in [0.15, 0.2) is 46.9 Å². The number of carbonyl (C=O) groups excluding carboxylic acids is 1. The lowest BCUT2D eigenvalue weighted by atomic mass is 10.1. The van der Waals surface area contributed by atoms with Crippen LogP contribution < -0.4 is 4.90 Å². The number of halogens is 2. The molecule has 0 saturated heterocycles. The molecule has 98 valence electrons. The molecule has 0 amide bonds. The molecule has 0 unspecified atom stereocenters. The molecule has 19 heavy (non-hydrogen) atoms. The summed E-state index contributed by atoms with van der Waals surface area (Å²) < 4.78 is 14.7. The van der Waals surface area contributed by atoms with Crippen LogP contribution in [0.4, 0.5) is 15.8 Å². The first kappa shape index (κ1) is 13.7. The Hall–Kier alpha value is -1.68. The van der Waals surface area contributed by atoms with Crippen LogP contribution in [0.1, 0.15) is 17.3 Å². The van der Waals surface area contributed by atoms with Gasteiger partial charge >= 0.3 is 0 Å². The van der Waals surface area contributed by atoms with Gasteiger partial charge in [0, 0.05) is 16.6 Å². The van der Waals surface area contributed by atoms with E-state index in [-0.39, 0.29) is 5.82 Å². The van der Waals surface area contributed by atoms with Crippen molar-refractivity contribution in [2.24, 2.45) is 0 Å². The van der Waals surface area contributed by atoms with Crippen molar-refractivity contribution in [2.45, 2.75) is 6.92 Å². The summed E-state index contributed by atoms with van der Waals surface area (Å²) in [6.45, 7) is 2.49. The Morgan fingerprint density at radius 3 is 2.58 bits per heavy atom. The molecule has 0 N–H and O–H groups in total. The van der Waals surface area contributed by atoms with Gasteiger partial charge in [-0.3, -0.25) is 4.79 Å². The van der Waals surface area contributed by atoms with Gasteiger partial charge in [0.15, 0.2) is 6.29 Å². The Kier molecular flexibility index (Phi) is 4.32. The number of hydrogen-bond donors (Lipinski definition) is 0. The Labute approximate surface area is 120 Å². The lowest BCUT2D eigenvalue weighted by Gasteiger charge is -2.25. The minimum Gasteiger partial charge on any atom is -0.339 e. The quantitative estimate of drug-likeness (QED) is 0.769. The predicted octanol–water partition coefficient (Wildman–Crippen LogP) is 4.56. The molecule has 2 aromatic carbocycles. The van der Waals surface area contributed by atoms with Gasteiger partial charge in [-0.15, -0.1) is 0 Å². The lowest BCUT2D eigenvalue weighted by Crippen LogP contribution is -2.18. The van der Waals surface area contributed by atoms with Crippen LogP contribution in [-0.2, 0) is 0 Å². The fraction of sp³-hybridized carbons (Fsp3) is 0.133. The zero-order valence-corrected chi connectivity index (χ0v) is 12.0. The molecule has 0 aliphatic carbocycles. The highest BCUT2D eigenvalue weighted by Crippen LogP contribution is 2.31. The second-order valence-corrected chi connectivity index (χ2v) is 4.93. The molecule has 0 fully saturated rings. The zero-order valence-electron chi connectivity index (χ0n) is 10.4. The monoisotopic (exact) mass is 321 g/mol. The van der Waals surface area contributed by atoms with Crippen LogP contribution in [0, 0.1) is 5.82 Å². The molecule has 2 nitrogen and oxygen atoms in total. The lowest BCUT2D eigenvalue weighted by molar-refractivity contribution is 0.112. The second-order valence-electron chi connectivity index (χ2n) is 4.02. The molecule has 0 spiro atoms. The summed E-state index contributed by atoms with van der Waals surface area (Å²) in [7, 11) is 0. The van der Waals surface area contributed by atoms with Crippen LogP contribution in [0.5, 0.6) is 0 Å². The second kappa shape index (κ2) is 5.97. The third kappa shape index (κ3) is 2.84. The molecule has 2 aromatic rings. The van der Waals surface area contributed by atoms with E-state index in [0.29, 0.717) is 23.5 Å². The molecule has 0 radical (unpaired) electrons. The fourth-order valence-electron chi connectivity index (χ4n) is 2.01. The minimum atomic E-state index is -0.302. The van der Waals surface area contributed by atoms with Gasteiger partial charge in [-0.1, -0.05) is 28.1 Å². The Morgan fingerprint density at radius 2 is 1.95 bits per heavy atom. The van der Waals surface area contributed by atoms with E-state index >= 15 is 0 Å². The first-order chi connectivity index (χ1) is 9.17. The van der Waals surface area contributed by atoms with E-state index < -0.39 is 0 Å². The normalized spacial score (nSPS) is 10.3. The summed E-state index contributed by atoms with van der Waals surface area (Å²) in [6, 6.07) is 11.9. The van der Waals surface area contributed by atoms with Gasteiger partial charge in [-0.2, -0.15) is 0 Å². The Bertz CT molecular complexity index is 600. The molecule has 0 aliphatic heterocycles. The predicted molar refractivity (Wildman–Crippen MR) is 78.6 cm³/mol. The average molecular weight is 322 g/mol. The first-order valence-corrected chi connectivity index (χ1v) is 6.73. The third-order valence-corrected chi connectivity index (χ3v) is 3.36. The van der Waals surface area contributed by atoms with Gasteiger partial charge in [0.1, 0.15) is 5.82 Å². The summed E-state index contributed by atoms with van der Waals surface area (Å²) in [6.07, 6.45) is 0.781. The van der Waals surface area contributed by atoms with Crippen molar-refractivity contribution in [3.8, 4) is 0 Å². The van der Waals surface area contributed by atoms with E-state index in [9.17, 15) is 9.18 Å². The van der Waals surface area contributed by atoms with Crippen LogP contribution >= 0.6 is 15.9 Å². The number of nitrogens with zero attached hydrogens (tertiary/aromatic N) is 1. The standard InChI is InChI=1S/C15H13BrFNO/c1-2-18(15-6-4-3-5-13(15)17)14-8-7-12(16)9-11(14)10-19/h3-10H,2H2,1H3. The summed E-state index contributed by atoms with van der Waals surface area (Å²) in [5, 5.41) is 0. The van der Waals surface area contributed by atoms with E-state index in [1.807, 2.05) is 19.1 Å². The van der Waals surface area contributed by atoms with Crippen LogP contribution in [0.25, 0.3) is 0 Å². The van der Waals surface area contributed by atoms with Gasteiger partial charge in [0.25, 0.3) is 0 Å². The molecule has 0 aromatic heterocycles. The van der Waals surface area contributed by atoms with Gasteiger partial charge < -0.3 is 4.90 Å². The number of carbonyl (C=O) groups is 1. The summed E-state index contributed by atoms with van der Waals surface area (Å²) >= 11 is 3.33. The van der Waals surface area contributed by atoms with Crippen molar-refractivity contribution in [2.75, 3.05) is 11.4 Å². The third-order valence-electron chi connectivity index (χ3n) is 2.87. The maximum atomic E-state index is 13.9. The Balaban J connectivity index is 2.54. The van der Waals surface area contributed by atoms with Gasteiger partial charge in [-0.05, 0) is 37.3 Å². The van der Waals surface area contributed by atoms with Gasteiger partial charge in [0.2, 0.25) is 0 Å². The molecule has 2 rings (SSSR count). The van der Waals surface area contributed by atoms with Crippen molar-refractivity contribution >= 4 is 33.6 Å². The van der Waals surface area contributed by atoms with E-state index in [1.54, 1.807) is 29.2 Å². The highest BCUT2D eigenvalue weighted by molar-refractivity contribution is 9.10.